The molecule has 2 saturated carbocycles. The number of esters is 1. The maximum absolute atomic E-state index is 12.5. The van der Waals surface area contributed by atoms with Crippen molar-refractivity contribution in [2.75, 3.05) is 82.4 Å². The van der Waals surface area contributed by atoms with Gasteiger partial charge in [-0.15, -0.1) is 0 Å². The van der Waals surface area contributed by atoms with Gasteiger partial charge in [-0.25, -0.2) is 9.59 Å². The van der Waals surface area contributed by atoms with Crippen LogP contribution in [0.5, 0.6) is 0 Å². The summed E-state index contributed by atoms with van der Waals surface area (Å²) in [6, 6.07) is 24.8. The highest BCUT2D eigenvalue weighted by atomic mass is 35.5. The lowest BCUT2D eigenvalue weighted by molar-refractivity contribution is 0.0600. The molecule has 12 rings (SSSR count). The monoisotopic (exact) mass is 1050 g/mol. The number of aryl methyl sites for hydroxylation is 2. The number of carboxylic acid groups (broad SMARTS) is 1. The summed E-state index contributed by atoms with van der Waals surface area (Å²) in [5.41, 5.74) is 13.7. The molecule has 0 bridgehead atoms. The second-order valence-corrected chi connectivity index (χ2v) is 23.4. The maximum Gasteiger partial charge on any atom is 0.337 e. The van der Waals surface area contributed by atoms with Crippen molar-refractivity contribution in [1.82, 2.24) is 18.9 Å². The molecule has 0 unspecified atom stereocenters. The lowest BCUT2D eigenvalue weighted by atomic mass is 9.81. The number of piperidine rings is 2. The van der Waals surface area contributed by atoms with E-state index in [2.05, 4.69) is 77.3 Å². The van der Waals surface area contributed by atoms with Crippen LogP contribution < -0.4 is 9.80 Å². The first-order valence-electron chi connectivity index (χ1n) is 28.9. The average Bonchev–Trinajstić information content (AvgIpc) is 3.95. The SMILES string of the molecule is COC(=O)c1ccc2c(C3CCCCC3)c3n(c2c1)CCCN(CCN1CCCCC1)c1cc(Cl)ccc1-3.O=C(O)c1ccc2c(C3CCCCC3)c3n(c2c1)CCCN(CCN1CCCCC1)c1cc(Cl)ccc1-3. The van der Waals surface area contributed by atoms with E-state index in [9.17, 15) is 14.7 Å². The normalized spacial score (nSPS) is 19.2. The number of hydrogen-bond acceptors (Lipinski definition) is 7. The Balaban J connectivity index is 0.000000161. The fourth-order valence-corrected chi connectivity index (χ4v) is 14.5. The standard InChI is InChI=1S/C32H40ClN3O2.C31H38ClN3O2/c1-38-32(37)24-11-13-26-29(21-24)36-18-8-17-35(20-19-34-15-6-3-7-16-34)28-22-25(33)12-14-27(28)31(36)30(26)23-9-4-2-5-10-23;32-24-11-13-26-27(21-24)34(19-18-33-14-5-2-6-15-33)16-7-17-35-28-20-23(31(36)37)10-12-25(28)29(30(26)35)22-8-3-1-4-9-22/h11-14,21-23H,2-10,15-20H2,1H3;10-13,20-22H,1-9,14-19H2,(H,36,37). The largest absolute Gasteiger partial charge is 0.478 e. The zero-order valence-electron chi connectivity index (χ0n) is 44.4. The number of methoxy groups -OCH3 is 1. The number of likely N-dealkylation sites (tertiary alicyclic amines) is 2. The van der Waals surface area contributed by atoms with Crippen LogP contribution in [-0.2, 0) is 17.8 Å². The van der Waals surface area contributed by atoms with Crippen LogP contribution in [0.3, 0.4) is 0 Å². The van der Waals surface area contributed by atoms with E-state index in [1.54, 1.807) is 6.07 Å². The van der Waals surface area contributed by atoms with Crippen LogP contribution in [0, 0.1) is 0 Å². The molecule has 75 heavy (non-hydrogen) atoms. The molecular weight excluding hydrogens is 976 g/mol. The van der Waals surface area contributed by atoms with E-state index in [0.29, 0.717) is 23.0 Å². The van der Waals surface area contributed by atoms with E-state index in [1.165, 1.54) is 192 Å². The van der Waals surface area contributed by atoms with Crippen molar-refractivity contribution >= 4 is 68.3 Å². The number of fused-ring (bicyclic) bond motifs is 10. The Hall–Kier alpha value is -5.00. The molecule has 4 aromatic carbocycles. The molecule has 2 saturated heterocycles. The number of aromatic carboxylic acids is 1. The lowest BCUT2D eigenvalue weighted by Crippen LogP contribution is -2.39. The van der Waals surface area contributed by atoms with E-state index >= 15 is 0 Å². The smallest absolute Gasteiger partial charge is 0.337 e. The molecule has 4 aliphatic heterocycles. The quantitative estimate of drug-likeness (QED) is 0.136. The Morgan fingerprint density at radius 1 is 0.493 bits per heavy atom. The van der Waals surface area contributed by atoms with E-state index in [1.807, 2.05) is 18.2 Å². The number of carbonyl (C=O) groups is 2. The van der Waals surface area contributed by atoms with Gasteiger partial charge in [-0.1, -0.05) is 86.7 Å². The molecule has 398 valence electrons. The highest BCUT2D eigenvalue weighted by Crippen LogP contribution is 2.50. The summed E-state index contributed by atoms with van der Waals surface area (Å²) in [6.45, 7) is 12.9. The number of carboxylic acids is 1. The van der Waals surface area contributed by atoms with Gasteiger partial charge in [-0.05, 0) is 174 Å². The van der Waals surface area contributed by atoms with Crippen LogP contribution in [0.4, 0.5) is 11.4 Å². The number of anilines is 2. The zero-order chi connectivity index (χ0) is 51.4. The Morgan fingerprint density at radius 3 is 1.36 bits per heavy atom. The zero-order valence-corrected chi connectivity index (χ0v) is 45.9. The Morgan fingerprint density at radius 2 is 0.920 bits per heavy atom. The fraction of sp³-hybridized carbons (Fsp3) is 0.524. The summed E-state index contributed by atoms with van der Waals surface area (Å²) in [5.74, 6) is -0.0914. The van der Waals surface area contributed by atoms with Gasteiger partial charge in [-0.3, -0.25) is 0 Å². The number of hydrogen-bond donors (Lipinski definition) is 1. The van der Waals surface area contributed by atoms with Crippen LogP contribution in [-0.4, -0.2) is 109 Å². The predicted molar refractivity (Wildman–Crippen MR) is 309 cm³/mol. The third kappa shape index (κ3) is 11.1. The highest BCUT2D eigenvalue weighted by molar-refractivity contribution is 6.31. The molecular formula is C63H78Cl2N6O4. The molecule has 2 aliphatic carbocycles. The third-order valence-corrected chi connectivity index (χ3v) is 18.4. The van der Waals surface area contributed by atoms with Crippen molar-refractivity contribution in [3.05, 3.63) is 105 Å². The van der Waals surface area contributed by atoms with E-state index in [0.717, 1.165) is 86.3 Å². The van der Waals surface area contributed by atoms with Crippen LogP contribution in [0.25, 0.3) is 44.3 Å². The molecule has 4 fully saturated rings. The van der Waals surface area contributed by atoms with Crippen LogP contribution >= 0.6 is 23.2 Å². The first kappa shape index (κ1) is 52.1. The topological polar surface area (TPSA) is 86.4 Å². The fourth-order valence-electron chi connectivity index (χ4n) is 14.2. The molecule has 0 atom stereocenters. The first-order chi connectivity index (χ1) is 36.7. The van der Waals surface area contributed by atoms with Gasteiger partial charge in [0.1, 0.15) is 0 Å². The number of rotatable bonds is 10. The van der Waals surface area contributed by atoms with E-state index < -0.39 is 5.97 Å². The minimum absolute atomic E-state index is 0.274. The van der Waals surface area contributed by atoms with Gasteiger partial charge in [0.05, 0.1) is 29.6 Å². The van der Waals surface area contributed by atoms with Crippen molar-refractivity contribution in [3.8, 4) is 22.5 Å². The molecule has 6 aliphatic rings. The van der Waals surface area contributed by atoms with Gasteiger partial charge >= 0.3 is 11.9 Å². The summed E-state index contributed by atoms with van der Waals surface area (Å²) in [5, 5.41) is 13.9. The third-order valence-electron chi connectivity index (χ3n) is 17.9. The van der Waals surface area contributed by atoms with Crippen molar-refractivity contribution in [2.24, 2.45) is 0 Å². The summed E-state index contributed by atoms with van der Waals surface area (Å²) >= 11 is 13.3. The van der Waals surface area contributed by atoms with Gasteiger partial charge in [0.15, 0.2) is 0 Å². The summed E-state index contributed by atoms with van der Waals surface area (Å²) in [4.78, 5) is 34.8. The summed E-state index contributed by atoms with van der Waals surface area (Å²) < 4.78 is 10.0. The molecule has 2 aromatic heterocycles. The molecule has 1 N–H and O–H groups in total. The lowest BCUT2D eigenvalue weighted by Gasteiger charge is -2.34. The van der Waals surface area contributed by atoms with Crippen molar-refractivity contribution in [1.29, 1.82) is 0 Å². The number of ether oxygens (including phenoxy) is 1. The molecule has 0 radical (unpaired) electrons. The molecule has 6 heterocycles. The molecule has 10 nitrogen and oxygen atoms in total. The van der Waals surface area contributed by atoms with Crippen molar-refractivity contribution < 1.29 is 19.4 Å². The van der Waals surface area contributed by atoms with Gasteiger partial charge in [-0.2, -0.15) is 0 Å². The van der Waals surface area contributed by atoms with E-state index in [-0.39, 0.29) is 5.97 Å². The van der Waals surface area contributed by atoms with Gasteiger partial charge < -0.3 is 38.6 Å². The molecule has 12 heteroatoms. The Bertz CT molecular complexity index is 2990. The van der Waals surface area contributed by atoms with E-state index in [4.69, 9.17) is 27.9 Å². The summed E-state index contributed by atoms with van der Waals surface area (Å²) in [6.07, 6.45) is 22.6. The maximum atomic E-state index is 12.5. The number of nitrogens with zero attached hydrogens (tertiary/aromatic N) is 6. The summed E-state index contributed by atoms with van der Waals surface area (Å²) in [7, 11) is 1.46. The van der Waals surface area contributed by atoms with Crippen molar-refractivity contribution in [3.63, 3.8) is 0 Å². The number of carbonyl (C=O) groups excluding carboxylic acids is 1. The van der Waals surface area contributed by atoms with Gasteiger partial charge in [0.2, 0.25) is 0 Å². The highest BCUT2D eigenvalue weighted by Gasteiger charge is 2.33. The number of halogens is 2. The van der Waals surface area contributed by atoms with Crippen LogP contribution in [0.15, 0.2) is 72.8 Å². The predicted octanol–water partition coefficient (Wildman–Crippen LogP) is 14.9. The Labute approximate surface area is 454 Å². The average molecular weight is 1050 g/mol. The molecule has 0 spiro atoms. The minimum atomic E-state index is -0.862. The molecule has 6 aromatic rings. The van der Waals surface area contributed by atoms with Crippen molar-refractivity contribution in [2.45, 2.75) is 141 Å². The molecule has 0 amide bonds. The van der Waals surface area contributed by atoms with Gasteiger partial charge in [0.25, 0.3) is 0 Å². The first-order valence-corrected chi connectivity index (χ1v) is 29.7. The number of aromatic nitrogens is 2. The van der Waals surface area contributed by atoms with Crippen LogP contribution in [0.2, 0.25) is 10.0 Å². The number of benzene rings is 4. The second-order valence-electron chi connectivity index (χ2n) is 22.6. The van der Waals surface area contributed by atoms with Gasteiger partial charge in [0, 0.05) is 107 Å². The van der Waals surface area contributed by atoms with Crippen LogP contribution in [0.1, 0.15) is 159 Å². The Kier molecular flexibility index (Phi) is 16.5. The minimum Gasteiger partial charge on any atom is -0.478 e. The second kappa shape index (κ2) is 23.7.